The molecule has 1 atom stereocenters. The second-order valence-corrected chi connectivity index (χ2v) is 7.06. The van der Waals surface area contributed by atoms with E-state index in [4.69, 9.17) is 9.47 Å². The van der Waals surface area contributed by atoms with E-state index in [1.54, 1.807) is 18.1 Å². The average molecular weight is 405 g/mol. The Morgan fingerprint density at radius 2 is 1.97 bits per heavy atom. The Labute approximate surface area is 174 Å². The maximum absolute atomic E-state index is 12.9. The predicted molar refractivity (Wildman–Crippen MR) is 112 cm³/mol. The third kappa shape index (κ3) is 4.41. The lowest BCUT2D eigenvalue weighted by Gasteiger charge is -2.33. The molecular weight excluding hydrogens is 382 g/mol. The first-order valence-electron chi connectivity index (χ1n) is 9.81. The maximum atomic E-state index is 12.9. The fourth-order valence-corrected chi connectivity index (χ4v) is 3.47. The van der Waals surface area contributed by atoms with Crippen LogP contribution in [0.2, 0.25) is 0 Å². The Morgan fingerprint density at radius 3 is 2.77 bits per heavy atom. The molecule has 1 amide bonds. The van der Waals surface area contributed by atoms with Crippen LogP contribution in [0, 0.1) is 0 Å². The van der Waals surface area contributed by atoms with Crippen LogP contribution in [0.15, 0.2) is 71.5 Å². The van der Waals surface area contributed by atoms with Gasteiger partial charge in [-0.05, 0) is 23.8 Å². The van der Waals surface area contributed by atoms with E-state index in [1.807, 2.05) is 54.6 Å². The smallest absolute Gasteiger partial charge is 0.267 e. The summed E-state index contributed by atoms with van der Waals surface area (Å²) < 4.78 is 12.3. The van der Waals surface area contributed by atoms with Crippen LogP contribution in [-0.2, 0) is 16.1 Å². The van der Waals surface area contributed by atoms with Gasteiger partial charge in [-0.25, -0.2) is 4.68 Å². The molecule has 1 aromatic heterocycles. The van der Waals surface area contributed by atoms with E-state index in [1.165, 1.54) is 10.7 Å². The molecule has 4 rings (SSSR count). The number of morpholine rings is 1. The van der Waals surface area contributed by atoms with Crippen LogP contribution >= 0.6 is 0 Å². The number of carbonyl (C=O) groups excluding carboxylic acids is 1. The normalized spacial score (nSPS) is 16.3. The zero-order valence-corrected chi connectivity index (χ0v) is 16.7. The summed E-state index contributed by atoms with van der Waals surface area (Å²) in [5.74, 6) is 0.542. The van der Waals surface area contributed by atoms with Crippen molar-refractivity contribution in [2.24, 2.45) is 0 Å². The van der Waals surface area contributed by atoms with Crippen LogP contribution in [-0.4, -0.2) is 47.4 Å². The maximum Gasteiger partial charge on any atom is 0.267 e. The van der Waals surface area contributed by atoms with Crippen LogP contribution < -0.4 is 10.3 Å². The second kappa shape index (κ2) is 8.92. The number of hydrogen-bond donors (Lipinski definition) is 0. The lowest BCUT2D eigenvalue weighted by atomic mass is 10.1. The SMILES string of the molecule is COc1cccc(-c2ccc(=O)n(CC(=O)N3CCOC(c4ccccc4)C3)n2)c1. The number of nitrogens with zero attached hydrogens (tertiary/aromatic N) is 3. The molecule has 2 heterocycles. The quantitative estimate of drug-likeness (QED) is 0.652. The largest absolute Gasteiger partial charge is 0.497 e. The Bertz CT molecular complexity index is 1080. The van der Waals surface area contributed by atoms with Gasteiger partial charge in [-0.1, -0.05) is 42.5 Å². The highest BCUT2D eigenvalue weighted by atomic mass is 16.5. The number of benzene rings is 2. The highest BCUT2D eigenvalue weighted by molar-refractivity contribution is 5.76. The molecule has 3 aromatic rings. The molecule has 30 heavy (non-hydrogen) atoms. The molecule has 1 aliphatic heterocycles. The molecule has 0 N–H and O–H groups in total. The van der Waals surface area contributed by atoms with E-state index in [0.717, 1.165) is 11.1 Å². The van der Waals surface area contributed by atoms with Crippen molar-refractivity contribution >= 4 is 5.91 Å². The summed E-state index contributed by atoms with van der Waals surface area (Å²) in [4.78, 5) is 26.9. The van der Waals surface area contributed by atoms with E-state index in [9.17, 15) is 9.59 Å². The number of rotatable bonds is 5. The Kier molecular flexibility index (Phi) is 5.90. The third-order valence-corrected chi connectivity index (χ3v) is 5.11. The standard InChI is InChI=1S/C23H23N3O4/c1-29-19-9-5-8-18(14-19)20-10-11-22(27)26(24-20)16-23(28)25-12-13-30-21(15-25)17-6-3-2-4-7-17/h2-11,14,21H,12-13,15-16H2,1H3. The fraction of sp³-hybridized carbons (Fsp3) is 0.261. The lowest BCUT2D eigenvalue weighted by molar-refractivity contribution is -0.139. The molecule has 0 bridgehead atoms. The van der Waals surface area contributed by atoms with Crippen molar-refractivity contribution in [1.82, 2.24) is 14.7 Å². The van der Waals surface area contributed by atoms with E-state index < -0.39 is 0 Å². The fourth-order valence-electron chi connectivity index (χ4n) is 3.47. The predicted octanol–water partition coefficient (Wildman–Crippen LogP) is 2.52. The van der Waals surface area contributed by atoms with Crippen molar-refractivity contribution in [1.29, 1.82) is 0 Å². The van der Waals surface area contributed by atoms with Crippen molar-refractivity contribution in [3.05, 3.63) is 82.6 Å². The molecule has 7 heteroatoms. The van der Waals surface area contributed by atoms with Crippen LogP contribution in [0.3, 0.4) is 0 Å². The molecule has 1 fully saturated rings. The van der Waals surface area contributed by atoms with Gasteiger partial charge in [-0.15, -0.1) is 0 Å². The van der Waals surface area contributed by atoms with Gasteiger partial charge < -0.3 is 14.4 Å². The van der Waals surface area contributed by atoms with E-state index in [-0.39, 0.29) is 24.1 Å². The second-order valence-electron chi connectivity index (χ2n) is 7.06. The summed E-state index contributed by atoms with van der Waals surface area (Å²) in [5, 5.41) is 4.40. The Balaban J connectivity index is 1.51. The number of methoxy groups -OCH3 is 1. The molecule has 7 nitrogen and oxygen atoms in total. The van der Waals surface area contributed by atoms with Gasteiger partial charge in [0.2, 0.25) is 5.91 Å². The molecule has 0 radical (unpaired) electrons. The lowest BCUT2D eigenvalue weighted by Crippen LogP contribution is -2.44. The number of hydrogen-bond acceptors (Lipinski definition) is 5. The van der Waals surface area contributed by atoms with Gasteiger partial charge in [0.1, 0.15) is 18.4 Å². The van der Waals surface area contributed by atoms with Crippen LogP contribution in [0.5, 0.6) is 5.75 Å². The molecule has 0 saturated carbocycles. The summed E-state index contributed by atoms with van der Waals surface area (Å²) in [6, 6.07) is 20.3. The van der Waals surface area contributed by atoms with E-state index in [0.29, 0.717) is 31.1 Å². The zero-order chi connectivity index (χ0) is 20.9. The van der Waals surface area contributed by atoms with E-state index in [2.05, 4.69) is 5.10 Å². The molecule has 0 aliphatic carbocycles. The van der Waals surface area contributed by atoms with Gasteiger partial charge in [0, 0.05) is 18.2 Å². The van der Waals surface area contributed by atoms with E-state index >= 15 is 0 Å². The molecule has 1 unspecified atom stereocenters. The molecule has 0 spiro atoms. The summed E-state index contributed by atoms with van der Waals surface area (Å²) >= 11 is 0. The molecule has 1 saturated heterocycles. The van der Waals surface area contributed by atoms with Gasteiger partial charge in [0.05, 0.1) is 26.0 Å². The van der Waals surface area contributed by atoms with Crippen molar-refractivity contribution in [2.45, 2.75) is 12.6 Å². The first-order chi connectivity index (χ1) is 14.6. The van der Waals surface area contributed by atoms with Gasteiger partial charge in [0.25, 0.3) is 5.56 Å². The van der Waals surface area contributed by atoms with Gasteiger partial charge in [-0.3, -0.25) is 9.59 Å². The minimum absolute atomic E-state index is 0.113. The van der Waals surface area contributed by atoms with Crippen molar-refractivity contribution in [3.8, 4) is 17.0 Å². The monoisotopic (exact) mass is 405 g/mol. The third-order valence-electron chi connectivity index (χ3n) is 5.11. The number of ether oxygens (including phenoxy) is 2. The molecule has 154 valence electrons. The van der Waals surface area contributed by atoms with Gasteiger partial charge >= 0.3 is 0 Å². The summed E-state index contributed by atoms with van der Waals surface area (Å²) in [6.45, 7) is 1.29. The number of amides is 1. The van der Waals surface area contributed by atoms with Gasteiger partial charge in [0.15, 0.2) is 0 Å². The molecule has 2 aromatic carbocycles. The van der Waals surface area contributed by atoms with Crippen molar-refractivity contribution in [2.75, 3.05) is 26.8 Å². The minimum Gasteiger partial charge on any atom is -0.497 e. The van der Waals surface area contributed by atoms with Crippen LogP contribution in [0.4, 0.5) is 0 Å². The number of aromatic nitrogens is 2. The summed E-state index contributed by atoms with van der Waals surface area (Å²) in [6.07, 6.45) is -0.170. The summed E-state index contributed by atoms with van der Waals surface area (Å²) in [7, 11) is 1.59. The average Bonchev–Trinajstić information content (AvgIpc) is 2.81. The Morgan fingerprint density at radius 1 is 1.13 bits per heavy atom. The van der Waals surface area contributed by atoms with Crippen LogP contribution in [0.1, 0.15) is 11.7 Å². The van der Waals surface area contributed by atoms with Gasteiger partial charge in [-0.2, -0.15) is 5.10 Å². The van der Waals surface area contributed by atoms with Crippen molar-refractivity contribution in [3.63, 3.8) is 0 Å². The zero-order valence-electron chi connectivity index (χ0n) is 16.7. The molecule has 1 aliphatic rings. The highest BCUT2D eigenvalue weighted by Gasteiger charge is 2.25. The Hall–Kier alpha value is -3.45. The van der Waals surface area contributed by atoms with Crippen molar-refractivity contribution < 1.29 is 14.3 Å². The first kappa shape index (κ1) is 19.8. The molecular formula is C23H23N3O4. The minimum atomic E-state index is -0.317. The number of carbonyl (C=O) groups is 1. The topological polar surface area (TPSA) is 73.7 Å². The summed E-state index contributed by atoms with van der Waals surface area (Å²) in [5.41, 5.74) is 2.13. The highest BCUT2D eigenvalue weighted by Crippen LogP contribution is 2.23. The first-order valence-corrected chi connectivity index (χ1v) is 9.81. The van der Waals surface area contributed by atoms with Crippen LogP contribution in [0.25, 0.3) is 11.3 Å².